The van der Waals surface area contributed by atoms with E-state index in [9.17, 15) is 14.4 Å². The molecule has 0 radical (unpaired) electrons. The third-order valence-electron chi connectivity index (χ3n) is 1.59. The van der Waals surface area contributed by atoms with Crippen LogP contribution in [0.25, 0.3) is 0 Å². The van der Waals surface area contributed by atoms with Crippen molar-refractivity contribution in [3.63, 3.8) is 0 Å². The highest BCUT2D eigenvalue weighted by Gasteiger charge is 2.24. The summed E-state index contributed by atoms with van der Waals surface area (Å²) in [5.41, 5.74) is -0.662. The van der Waals surface area contributed by atoms with E-state index >= 15 is 0 Å². The van der Waals surface area contributed by atoms with Gasteiger partial charge in [-0.25, -0.2) is 9.59 Å². The van der Waals surface area contributed by atoms with Gasteiger partial charge >= 0.3 is 12.1 Å². The summed E-state index contributed by atoms with van der Waals surface area (Å²) in [6.07, 6.45) is -0.353. The Morgan fingerprint density at radius 2 is 1.94 bits per heavy atom. The molecular weight excluding hydrogens is 226 g/mol. The van der Waals surface area contributed by atoms with Crippen LogP contribution in [0.2, 0.25) is 0 Å². The number of ether oxygens (including phenoxy) is 2. The van der Waals surface area contributed by atoms with Crippen molar-refractivity contribution in [3.05, 3.63) is 0 Å². The highest BCUT2D eigenvalue weighted by atomic mass is 16.6. The van der Waals surface area contributed by atoms with Crippen molar-refractivity contribution in [1.82, 2.24) is 5.32 Å². The van der Waals surface area contributed by atoms with Gasteiger partial charge in [0, 0.05) is 6.42 Å². The maximum Gasteiger partial charge on any atom is 0.408 e. The molecule has 0 aliphatic heterocycles. The van der Waals surface area contributed by atoms with Gasteiger partial charge in [0.05, 0.1) is 6.61 Å². The van der Waals surface area contributed by atoms with Crippen LogP contribution in [0, 0.1) is 0 Å². The smallest absolute Gasteiger partial charge is 0.408 e. The molecule has 6 heteroatoms. The molecular formula is C11H19NO5. The maximum absolute atomic E-state index is 11.4. The number of aldehydes is 1. The summed E-state index contributed by atoms with van der Waals surface area (Å²) in [5, 5.41) is 2.29. The third-order valence-corrected chi connectivity index (χ3v) is 1.59. The van der Waals surface area contributed by atoms with Crippen molar-refractivity contribution < 1.29 is 23.9 Å². The Labute approximate surface area is 101 Å². The highest BCUT2D eigenvalue weighted by molar-refractivity contribution is 5.83. The Balaban J connectivity index is 4.39. The van der Waals surface area contributed by atoms with E-state index in [1.165, 1.54) is 0 Å². The van der Waals surface area contributed by atoms with Crippen LogP contribution in [-0.4, -0.2) is 36.6 Å². The maximum atomic E-state index is 11.4. The van der Waals surface area contributed by atoms with Crippen LogP contribution in [0.3, 0.4) is 0 Å². The number of hydrogen-bond donors (Lipinski definition) is 1. The molecule has 17 heavy (non-hydrogen) atoms. The minimum atomic E-state index is -0.998. The minimum absolute atomic E-state index is 0.141. The molecule has 0 aliphatic rings. The van der Waals surface area contributed by atoms with Gasteiger partial charge in [0.15, 0.2) is 0 Å². The third kappa shape index (κ3) is 7.32. The number of alkyl carbamates (subject to hydrolysis) is 1. The zero-order valence-corrected chi connectivity index (χ0v) is 10.6. The Morgan fingerprint density at radius 3 is 2.35 bits per heavy atom. The summed E-state index contributed by atoms with van der Waals surface area (Å²) in [4.78, 5) is 33.2. The van der Waals surface area contributed by atoms with Gasteiger partial charge in [-0.2, -0.15) is 0 Å². The van der Waals surface area contributed by atoms with Crippen LogP contribution < -0.4 is 5.32 Å². The van der Waals surface area contributed by atoms with Gasteiger partial charge in [0.1, 0.15) is 17.9 Å². The first-order valence-corrected chi connectivity index (χ1v) is 5.40. The number of carbonyl (C=O) groups is 3. The Kier molecular flexibility index (Phi) is 6.23. The van der Waals surface area contributed by atoms with E-state index < -0.39 is 23.7 Å². The Bertz CT molecular complexity index is 282. The number of carbonyl (C=O) groups excluding carboxylic acids is 3. The number of amides is 1. The van der Waals surface area contributed by atoms with Crippen LogP contribution in [-0.2, 0) is 19.1 Å². The zero-order valence-electron chi connectivity index (χ0n) is 10.6. The summed E-state index contributed by atoms with van der Waals surface area (Å²) in [6, 6.07) is -0.998. The molecule has 0 spiro atoms. The lowest BCUT2D eigenvalue weighted by atomic mass is 10.2. The van der Waals surface area contributed by atoms with Crippen molar-refractivity contribution >= 4 is 18.3 Å². The average molecular weight is 245 g/mol. The predicted molar refractivity (Wildman–Crippen MR) is 60.5 cm³/mol. The van der Waals surface area contributed by atoms with Gasteiger partial charge in [-0.15, -0.1) is 0 Å². The molecule has 0 unspecified atom stereocenters. The number of esters is 1. The van der Waals surface area contributed by atoms with E-state index in [0.29, 0.717) is 6.29 Å². The number of rotatable bonds is 5. The number of nitrogens with one attached hydrogen (secondary N) is 1. The van der Waals surface area contributed by atoms with Crippen molar-refractivity contribution in [2.24, 2.45) is 0 Å². The number of hydrogen-bond acceptors (Lipinski definition) is 5. The monoisotopic (exact) mass is 245 g/mol. The first-order valence-electron chi connectivity index (χ1n) is 5.40. The summed E-state index contributed by atoms with van der Waals surface area (Å²) in [5.74, 6) is -0.648. The van der Waals surface area contributed by atoms with Crippen LogP contribution >= 0.6 is 0 Å². The first kappa shape index (κ1) is 15.4. The normalized spacial score (nSPS) is 12.5. The largest absolute Gasteiger partial charge is 0.464 e. The molecule has 0 aromatic carbocycles. The lowest BCUT2D eigenvalue weighted by Crippen LogP contribution is -2.44. The average Bonchev–Trinajstić information content (AvgIpc) is 2.14. The predicted octanol–water partition coefficient (Wildman–Crippen LogP) is 1.03. The fourth-order valence-electron chi connectivity index (χ4n) is 1.00. The minimum Gasteiger partial charge on any atom is -0.464 e. The lowest BCUT2D eigenvalue weighted by Gasteiger charge is -2.22. The summed E-state index contributed by atoms with van der Waals surface area (Å²) in [7, 11) is 0. The SMILES string of the molecule is CCOC(=O)[C@H](CC=O)NC(=O)OC(C)(C)C. The van der Waals surface area contributed by atoms with E-state index in [1.807, 2.05) is 0 Å². The second kappa shape index (κ2) is 6.88. The van der Waals surface area contributed by atoms with E-state index in [2.05, 4.69) is 5.32 Å². The van der Waals surface area contributed by atoms with E-state index in [0.717, 1.165) is 0 Å². The lowest BCUT2D eigenvalue weighted by molar-refractivity contribution is -0.146. The molecule has 1 atom stereocenters. The van der Waals surface area contributed by atoms with Crippen molar-refractivity contribution in [2.75, 3.05) is 6.61 Å². The van der Waals surface area contributed by atoms with Gasteiger partial charge in [-0.3, -0.25) is 0 Å². The molecule has 0 aromatic heterocycles. The van der Waals surface area contributed by atoms with Crippen molar-refractivity contribution in [2.45, 2.75) is 45.8 Å². The standard InChI is InChI=1S/C11H19NO5/c1-5-16-9(14)8(6-7-13)12-10(15)17-11(2,3)4/h7-8H,5-6H2,1-4H3,(H,12,15)/t8-/m0/s1. The van der Waals surface area contributed by atoms with Gasteiger partial charge in [-0.05, 0) is 27.7 Å². The van der Waals surface area contributed by atoms with Crippen molar-refractivity contribution in [1.29, 1.82) is 0 Å². The first-order chi connectivity index (χ1) is 7.80. The van der Waals surface area contributed by atoms with Gasteiger partial charge < -0.3 is 19.6 Å². The quantitative estimate of drug-likeness (QED) is 0.578. The fourth-order valence-corrected chi connectivity index (χ4v) is 1.00. The second-order valence-electron chi connectivity index (χ2n) is 4.35. The summed E-state index contributed by atoms with van der Waals surface area (Å²) >= 11 is 0. The highest BCUT2D eigenvalue weighted by Crippen LogP contribution is 2.07. The van der Waals surface area contributed by atoms with Crippen LogP contribution in [0.1, 0.15) is 34.1 Å². The molecule has 6 nitrogen and oxygen atoms in total. The summed E-state index contributed by atoms with van der Waals surface area (Å²) in [6.45, 7) is 6.93. The molecule has 1 N–H and O–H groups in total. The molecule has 0 saturated heterocycles. The van der Waals surface area contributed by atoms with Crippen LogP contribution in [0.5, 0.6) is 0 Å². The molecule has 0 bridgehead atoms. The van der Waals surface area contributed by atoms with Gasteiger partial charge in [0.2, 0.25) is 0 Å². The van der Waals surface area contributed by atoms with Crippen LogP contribution in [0.15, 0.2) is 0 Å². The summed E-state index contributed by atoms with van der Waals surface area (Å²) < 4.78 is 9.69. The molecule has 0 aromatic rings. The van der Waals surface area contributed by atoms with E-state index in [1.54, 1.807) is 27.7 Å². The molecule has 98 valence electrons. The zero-order chi connectivity index (χ0) is 13.5. The molecule has 0 saturated carbocycles. The Hall–Kier alpha value is -1.59. The second-order valence-corrected chi connectivity index (χ2v) is 4.35. The van der Waals surface area contributed by atoms with Gasteiger partial charge in [-0.1, -0.05) is 0 Å². The molecule has 0 heterocycles. The molecule has 0 fully saturated rings. The topological polar surface area (TPSA) is 81.7 Å². The molecule has 0 aliphatic carbocycles. The fraction of sp³-hybridized carbons (Fsp3) is 0.727. The molecule has 1 amide bonds. The van der Waals surface area contributed by atoms with E-state index in [4.69, 9.17) is 9.47 Å². The Morgan fingerprint density at radius 1 is 1.35 bits per heavy atom. The van der Waals surface area contributed by atoms with E-state index in [-0.39, 0.29) is 13.0 Å². The molecule has 0 rings (SSSR count). The van der Waals surface area contributed by atoms with Crippen molar-refractivity contribution in [3.8, 4) is 0 Å². The van der Waals surface area contributed by atoms with Crippen LogP contribution in [0.4, 0.5) is 4.79 Å². The van der Waals surface area contributed by atoms with Gasteiger partial charge in [0.25, 0.3) is 0 Å².